The summed E-state index contributed by atoms with van der Waals surface area (Å²) in [5, 5.41) is 9.88. The molecule has 1 atom stereocenters. The summed E-state index contributed by atoms with van der Waals surface area (Å²) in [6, 6.07) is 4.54. The van der Waals surface area contributed by atoms with Gasteiger partial charge in [-0.05, 0) is 48.1 Å². The molecular formula is C12H17FOS. The maximum atomic E-state index is 12.8. The molecular weight excluding hydrogens is 211 g/mol. The van der Waals surface area contributed by atoms with Gasteiger partial charge in [-0.15, -0.1) is 0 Å². The highest BCUT2D eigenvalue weighted by Crippen LogP contribution is 2.22. The summed E-state index contributed by atoms with van der Waals surface area (Å²) in [6.07, 6.45) is 0.259. The first kappa shape index (κ1) is 12.5. The molecule has 1 nitrogen and oxygen atoms in total. The van der Waals surface area contributed by atoms with Gasteiger partial charge in [-0.3, -0.25) is 0 Å². The van der Waals surface area contributed by atoms with Crippen LogP contribution in [0.4, 0.5) is 4.39 Å². The summed E-state index contributed by atoms with van der Waals surface area (Å²) in [5.74, 6) is 1.76. The molecule has 0 bridgehead atoms. The largest absolute Gasteiger partial charge is 0.388 e. The maximum absolute atomic E-state index is 12.8. The molecule has 1 unspecified atom stereocenters. The summed E-state index contributed by atoms with van der Waals surface area (Å²) in [5.41, 5.74) is 1.66. The van der Waals surface area contributed by atoms with E-state index in [1.165, 1.54) is 12.1 Å². The van der Waals surface area contributed by atoms with Crippen LogP contribution in [0.3, 0.4) is 0 Å². The van der Waals surface area contributed by atoms with Gasteiger partial charge in [0, 0.05) is 0 Å². The molecule has 0 radical (unpaired) electrons. The zero-order valence-electron chi connectivity index (χ0n) is 9.16. The Hall–Kier alpha value is -0.540. The number of thioether (sulfide) groups is 1. The molecule has 0 aliphatic heterocycles. The van der Waals surface area contributed by atoms with Gasteiger partial charge in [0.15, 0.2) is 0 Å². The van der Waals surface area contributed by atoms with Gasteiger partial charge in [0.2, 0.25) is 0 Å². The van der Waals surface area contributed by atoms with Gasteiger partial charge in [-0.25, -0.2) is 4.39 Å². The van der Waals surface area contributed by atoms with Gasteiger partial charge in [0.25, 0.3) is 0 Å². The topological polar surface area (TPSA) is 20.2 Å². The third-order valence-corrected chi connectivity index (χ3v) is 3.26. The lowest BCUT2D eigenvalue weighted by atomic mass is 10.0. The molecule has 1 N–H and O–H groups in total. The fourth-order valence-corrected chi connectivity index (χ4v) is 2.19. The van der Waals surface area contributed by atoms with Crippen molar-refractivity contribution in [2.75, 3.05) is 11.5 Å². The Morgan fingerprint density at radius 3 is 2.80 bits per heavy atom. The summed E-state index contributed by atoms with van der Waals surface area (Å²) >= 11 is 1.81. The van der Waals surface area contributed by atoms with E-state index in [2.05, 4.69) is 6.92 Å². The number of aryl methyl sites for hydroxylation is 1. The Bertz CT molecular complexity index is 314. The van der Waals surface area contributed by atoms with Crippen molar-refractivity contribution in [1.29, 1.82) is 0 Å². The molecule has 0 saturated heterocycles. The fourth-order valence-electron chi connectivity index (χ4n) is 1.51. The number of halogens is 1. The van der Waals surface area contributed by atoms with Gasteiger partial charge < -0.3 is 5.11 Å². The zero-order chi connectivity index (χ0) is 11.3. The van der Waals surface area contributed by atoms with Crippen molar-refractivity contribution in [3.05, 3.63) is 35.1 Å². The minimum atomic E-state index is -0.468. The van der Waals surface area contributed by atoms with E-state index < -0.39 is 6.10 Å². The van der Waals surface area contributed by atoms with Crippen LogP contribution in [-0.2, 0) is 0 Å². The van der Waals surface area contributed by atoms with Crippen LogP contribution in [0.5, 0.6) is 0 Å². The average Bonchev–Trinajstić information content (AvgIpc) is 2.17. The highest BCUT2D eigenvalue weighted by atomic mass is 32.2. The van der Waals surface area contributed by atoms with Crippen molar-refractivity contribution in [3.63, 3.8) is 0 Å². The van der Waals surface area contributed by atoms with Gasteiger partial charge in [-0.1, -0.05) is 13.0 Å². The average molecular weight is 228 g/mol. The van der Waals surface area contributed by atoms with E-state index in [0.717, 1.165) is 29.1 Å². The summed E-state index contributed by atoms with van der Waals surface area (Å²) < 4.78 is 12.8. The van der Waals surface area contributed by atoms with Crippen LogP contribution in [0.15, 0.2) is 18.2 Å². The van der Waals surface area contributed by atoms with Gasteiger partial charge in [0.1, 0.15) is 5.82 Å². The number of hydrogen-bond donors (Lipinski definition) is 1. The molecule has 15 heavy (non-hydrogen) atoms. The van der Waals surface area contributed by atoms with Crippen molar-refractivity contribution in [2.45, 2.75) is 26.4 Å². The molecule has 3 heteroatoms. The fraction of sp³-hybridized carbons (Fsp3) is 0.500. The van der Waals surface area contributed by atoms with Crippen LogP contribution in [0, 0.1) is 12.7 Å². The Balaban J connectivity index is 2.61. The summed E-state index contributed by atoms with van der Waals surface area (Å²) in [7, 11) is 0. The van der Waals surface area contributed by atoms with Crippen LogP contribution in [-0.4, -0.2) is 16.6 Å². The van der Waals surface area contributed by atoms with E-state index >= 15 is 0 Å². The van der Waals surface area contributed by atoms with Crippen LogP contribution in [0.1, 0.15) is 30.6 Å². The molecule has 0 aliphatic rings. The first-order valence-corrected chi connectivity index (χ1v) is 6.32. The Labute approximate surface area is 94.7 Å². The van der Waals surface area contributed by atoms with Crippen molar-refractivity contribution < 1.29 is 9.50 Å². The molecule has 1 aromatic rings. The van der Waals surface area contributed by atoms with Gasteiger partial charge >= 0.3 is 0 Å². The standard InChI is InChI=1S/C12H17FOS/c1-3-15-7-6-12(14)11-5-4-10(13)8-9(11)2/h4-5,8,12,14H,3,6-7H2,1-2H3. The Morgan fingerprint density at radius 2 is 2.20 bits per heavy atom. The molecule has 0 amide bonds. The highest BCUT2D eigenvalue weighted by molar-refractivity contribution is 7.99. The number of aliphatic hydroxyl groups is 1. The van der Waals surface area contributed by atoms with Crippen molar-refractivity contribution in [1.82, 2.24) is 0 Å². The number of rotatable bonds is 5. The Morgan fingerprint density at radius 1 is 1.47 bits per heavy atom. The van der Waals surface area contributed by atoms with Crippen LogP contribution >= 0.6 is 11.8 Å². The molecule has 0 aliphatic carbocycles. The normalized spacial score (nSPS) is 12.8. The minimum absolute atomic E-state index is 0.244. The molecule has 1 rings (SSSR count). The molecule has 0 heterocycles. The quantitative estimate of drug-likeness (QED) is 0.780. The van der Waals surface area contributed by atoms with E-state index in [1.807, 2.05) is 6.92 Å². The SMILES string of the molecule is CCSCCC(O)c1ccc(F)cc1C. The molecule has 0 saturated carbocycles. The lowest BCUT2D eigenvalue weighted by molar-refractivity contribution is 0.174. The third kappa shape index (κ3) is 3.84. The van der Waals surface area contributed by atoms with Gasteiger partial charge in [0.05, 0.1) is 6.10 Å². The molecule has 1 aromatic carbocycles. The zero-order valence-corrected chi connectivity index (χ0v) is 9.98. The highest BCUT2D eigenvalue weighted by Gasteiger charge is 2.10. The summed E-state index contributed by atoms with van der Waals surface area (Å²) in [4.78, 5) is 0. The Kier molecular flexibility index (Phi) is 5.12. The second-order valence-corrected chi connectivity index (χ2v) is 4.90. The predicted octanol–water partition coefficient (Wildman–Crippen LogP) is 3.31. The molecule has 0 aromatic heterocycles. The first-order valence-electron chi connectivity index (χ1n) is 5.17. The second-order valence-electron chi connectivity index (χ2n) is 3.50. The maximum Gasteiger partial charge on any atom is 0.123 e. The first-order chi connectivity index (χ1) is 7.15. The monoisotopic (exact) mass is 228 g/mol. The van der Waals surface area contributed by atoms with E-state index in [9.17, 15) is 9.50 Å². The van der Waals surface area contributed by atoms with Crippen LogP contribution in [0.2, 0.25) is 0 Å². The molecule has 0 fully saturated rings. The van der Waals surface area contributed by atoms with E-state index in [0.29, 0.717) is 0 Å². The third-order valence-electron chi connectivity index (χ3n) is 2.33. The van der Waals surface area contributed by atoms with Crippen molar-refractivity contribution in [3.8, 4) is 0 Å². The smallest absolute Gasteiger partial charge is 0.123 e. The molecule has 0 spiro atoms. The summed E-state index contributed by atoms with van der Waals surface area (Å²) in [6.45, 7) is 3.93. The minimum Gasteiger partial charge on any atom is -0.388 e. The number of aliphatic hydroxyl groups excluding tert-OH is 1. The van der Waals surface area contributed by atoms with Crippen LogP contribution < -0.4 is 0 Å². The number of benzene rings is 1. The van der Waals surface area contributed by atoms with E-state index in [1.54, 1.807) is 17.8 Å². The van der Waals surface area contributed by atoms with Crippen molar-refractivity contribution in [2.24, 2.45) is 0 Å². The lowest BCUT2D eigenvalue weighted by Crippen LogP contribution is -2.02. The lowest BCUT2D eigenvalue weighted by Gasteiger charge is -2.13. The van der Waals surface area contributed by atoms with Crippen molar-refractivity contribution >= 4 is 11.8 Å². The van der Waals surface area contributed by atoms with E-state index in [4.69, 9.17) is 0 Å². The number of hydrogen-bond acceptors (Lipinski definition) is 2. The molecule has 84 valence electrons. The predicted molar refractivity (Wildman–Crippen MR) is 63.7 cm³/mol. The van der Waals surface area contributed by atoms with E-state index in [-0.39, 0.29) is 5.82 Å². The van der Waals surface area contributed by atoms with Gasteiger partial charge in [-0.2, -0.15) is 11.8 Å². The second kappa shape index (κ2) is 6.13. The van der Waals surface area contributed by atoms with Crippen LogP contribution in [0.25, 0.3) is 0 Å².